The third-order valence-electron chi connectivity index (χ3n) is 3.57. The number of benzene rings is 1. The van der Waals surface area contributed by atoms with Crippen LogP contribution in [0, 0.1) is 5.92 Å². The summed E-state index contributed by atoms with van der Waals surface area (Å²) in [5.74, 6) is 0.189. The van der Waals surface area contributed by atoms with Gasteiger partial charge in [-0.15, -0.1) is 0 Å². The normalized spacial score (nSPS) is 13.1. The van der Waals surface area contributed by atoms with Gasteiger partial charge >= 0.3 is 0 Å². The zero-order valence-electron chi connectivity index (χ0n) is 13.9. The van der Waals surface area contributed by atoms with Crippen LogP contribution in [-0.2, 0) is 11.2 Å². The van der Waals surface area contributed by atoms with E-state index in [0.717, 1.165) is 6.42 Å². The van der Waals surface area contributed by atoms with Gasteiger partial charge in [0.1, 0.15) is 0 Å². The highest BCUT2D eigenvalue weighted by Gasteiger charge is 2.00. The fraction of sp³-hybridized carbons (Fsp3) is 0.350. The standard InChI is InChI=1S/C20H25NO2/c1-16(14-23-15-17(2)13-22)10-18-5-7-19(8-6-18)11-20-4-3-9-21-12-20/h3-10,12,17,22H,11,13-15H2,1-2H3/b16-10+. The third-order valence-corrected chi connectivity index (χ3v) is 3.57. The van der Waals surface area contributed by atoms with Crippen LogP contribution in [-0.4, -0.2) is 29.9 Å². The number of ether oxygens (including phenoxy) is 1. The van der Waals surface area contributed by atoms with Gasteiger partial charge in [-0.1, -0.05) is 43.3 Å². The maximum Gasteiger partial charge on any atom is 0.0677 e. The van der Waals surface area contributed by atoms with Crippen LogP contribution < -0.4 is 0 Å². The van der Waals surface area contributed by atoms with E-state index < -0.39 is 0 Å². The van der Waals surface area contributed by atoms with Crippen LogP contribution in [0.2, 0.25) is 0 Å². The summed E-state index contributed by atoms with van der Waals surface area (Å²) in [4.78, 5) is 4.15. The number of aliphatic hydroxyl groups is 1. The third kappa shape index (κ3) is 6.35. The number of hydrogen-bond donors (Lipinski definition) is 1. The van der Waals surface area contributed by atoms with Crippen molar-refractivity contribution in [1.82, 2.24) is 4.98 Å². The Morgan fingerprint density at radius 2 is 2.00 bits per heavy atom. The second-order valence-electron chi connectivity index (χ2n) is 6.07. The summed E-state index contributed by atoms with van der Waals surface area (Å²) in [6.45, 7) is 5.39. The summed E-state index contributed by atoms with van der Waals surface area (Å²) in [6.07, 6.45) is 6.74. The van der Waals surface area contributed by atoms with Gasteiger partial charge in [0.25, 0.3) is 0 Å². The van der Waals surface area contributed by atoms with Crippen LogP contribution >= 0.6 is 0 Å². The molecule has 0 amide bonds. The quantitative estimate of drug-likeness (QED) is 0.808. The first-order chi connectivity index (χ1) is 11.2. The summed E-state index contributed by atoms with van der Waals surface area (Å²) in [7, 11) is 0. The molecule has 1 atom stereocenters. The van der Waals surface area contributed by atoms with Crippen molar-refractivity contribution in [2.45, 2.75) is 20.3 Å². The van der Waals surface area contributed by atoms with E-state index in [2.05, 4.69) is 48.3 Å². The summed E-state index contributed by atoms with van der Waals surface area (Å²) in [5.41, 5.74) is 4.85. The molecule has 0 spiro atoms. The first-order valence-electron chi connectivity index (χ1n) is 8.01. The van der Waals surface area contributed by atoms with E-state index in [4.69, 9.17) is 9.84 Å². The lowest BCUT2D eigenvalue weighted by atomic mass is 10.0. The summed E-state index contributed by atoms with van der Waals surface area (Å²) < 4.78 is 5.59. The van der Waals surface area contributed by atoms with Crippen molar-refractivity contribution in [1.29, 1.82) is 0 Å². The van der Waals surface area contributed by atoms with Crippen LogP contribution in [0.1, 0.15) is 30.5 Å². The Morgan fingerprint density at radius 1 is 1.22 bits per heavy atom. The molecule has 2 rings (SSSR count). The molecule has 0 aliphatic heterocycles. The van der Waals surface area contributed by atoms with E-state index in [1.807, 2.05) is 19.2 Å². The van der Waals surface area contributed by atoms with Crippen molar-refractivity contribution < 1.29 is 9.84 Å². The van der Waals surface area contributed by atoms with Gasteiger partial charge in [-0.2, -0.15) is 0 Å². The molecule has 2 aromatic rings. The molecule has 122 valence electrons. The van der Waals surface area contributed by atoms with Gasteiger partial charge in [-0.3, -0.25) is 4.98 Å². The molecule has 1 unspecified atom stereocenters. The average molecular weight is 311 g/mol. The second kappa shape index (κ2) is 9.23. The number of nitrogens with zero attached hydrogens (tertiary/aromatic N) is 1. The lowest BCUT2D eigenvalue weighted by molar-refractivity contribution is 0.0943. The molecule has 0 fully saturated rings. The van der Waals surface area contributed by atoms with E-state index in [9.17, 15) is 0 Å². The van der Waals surface area contributed by atoms with Gasteiger partial charge in [0.05, 0.1) is 13.2 Å². The van der Waals surface area contributed by atoms with E-state index in [0.29, 0.717) is 13.2 Å². The Morgan fingerprint density at radius 3 is 2.65 bits per heavy atom. The highest BCUT2D eigenvalue weighted by molar-refractivity contribution is 5.53. The molecule has 3 heteroatoms. The molecular weight excluding hydrogens is 286 g/mol. The SMILES string of the molecule is C/C(=C\c1ccc(Cc2cccnc2)cc1)COCC(C)CO. The van der Waals surface area contributed by atoms with Crippen LogP contribution in [0.3, 0.4) is 0 Å². The van der Waals surface area contributed by atoms with Crippen molar-refractivity contribution in [3.05, 3.63) is 71.1 Å². The fourth-order valence-electron chi connectivity index (χ4n) is 2.27. The molecule has 0 bridgehead atoms. The molecule has 1 aromatic carbocycles. The van der Waals surface area contributed by atoms with Gasteiger partial charge in [0, 0.05) is 24.9 Å². The first kappa shape index (κ1) is 17.4. The molecule has 0 aliphatic carbocycles. The predicted octanol–water partition coefficient (Wildman–Crippen LogP) is 3.72. The minimum Gasteiger partial charge on any atom is -0.396 e. The predicted molar refractivity (Wildman–Crippen MR) is 94.2 cm³/mol. The minimum absolute atomic E-state index is 0.168. The van der Waals surface area contributed by atoms with Gasteiger partial charge in [-0.25, -0.2) is 0 Å². The molecule has 0 radical (unpaired) electrons. The number of pyridine rings is 1. The van der Waals surface area contributed by atoms with Crippen molar-refractivity contribution in [3.63, 3.8) is 0 Å². The van der Waals surface area contributed by atoms with Crippen LogP contribution in [0.4, 0.5) is 0 Å². The van der Waals surface area contributed by atoms with Gasteiger partial charge in [0.15, 0.2) is 0 Å². The molecular formula is C20H25NO2. The van der Waals surface area contributed by atoms with Crippen molar-refractivity contribution in [2.24, 2.45) is 5.92 Å². The zero-order chi connectivity index (χ0) is 16.5. The Hall–Kier alpha value is -1.97. The van der Waals surface area contributed by atoms with Crippen LogP contribution in [0.15, 0.2) is 54.4 Å². The maximum atomic E-state index is 8.97. The molecule has 1 N–H and O–H groups in total. The van der Waals surface area contributed by atoms with Crippen LogP contribution in [0.25, 0.3) is 6.08 Å². The average Bonchev–Trinajstić information content (AvgIpc) is 2.57. The molecule has 3 nitrogen and oxygen atoms in total. The number of aliphatic hydroxyl groups excluding tert-OH is 1. The number of rotatable bonds is 8. The van der Waals surface area contributed by atoms with Crippen molar-refractivity contribution in [2.75, 3.05) is 19.8 Å². The molecule has 0 aliphatic rings. The van der Waals surface area contributed by atoms with E-state index in [-0.39, 0.29) is 12.5 Å². The monoisotopic (exact) mass is 311 g/mol. The summed E-state index contributed by atoms with van der Waals surface area (Å²) >= 11 is 0. The van der Waals surface area contributed by atoms with Crippen molar-refractivity contribution in [3.8, 4) is 0 Å². The minimum atomic E-state index is 0.168. The Kier molecular flexibility index (Phi) is 6.98. The number of hydrogen-bond acceptors (Lipinski definition) is 3. The van der Waals surface area contributed by atoms with E-state index in [1.165, 1.54) is 22.3 Å². The van der Waals surface area contributed by atoms with Gasteiger partial charge in [-0.05, 0) is 41.7 Å². The zero-order valence-corrected chi connectivity index (χ0v) is 13.9. The molecule has 1 heterocycles. The van der Waals surface area contributed by atoms with Gasteiger partial charge in [0.2, 0.25) is 0 Å². The first-order valence-corrected chi connectivity index (χ1v) is 8.01. The number of aromatic nitrogens is 1. The molecule has 23 heavy (non-hydrogen) atoms. The lowest BCUT2D eigenvalue weighted by Gasteiger charge is -2.09. The molecule has 0 saturated heterocycles. The Balaban J connectivity index is 1.87. The van der Waals surface area contributed by atoms with Crippen molar-refractivity contribution >= 4 is 6.08 Å². The smallest absolute Gasteiger partial charge is 0.0677 e. The fourth-order valence-corrected chi connectivity index (χ4v) is 2.27. The topological polar surface area (TPSA) is 42.4 Å². The second-order valence-corrected chi connectivity index (χ2v) is 6.07. The highest BCUT2D eigenvalue weighted by Crippen LogP contribution is 2.13. The Bertz CT molecular complexity index is 605. The van der Waals surface area contributed by atoms with Gasteiger partial charge < -0.3 is 9.84 Å². The lowest BCUT2D eigenvalue weighted by Crippen LogP contribution is -2.10. The van der Waals surface area contributed by atoms with E-state index >= 15 is 0 Å². The summed E-state index contributed by atoms with van der Waals surface area (Å²) in [6, 6.07) is 12.6. The molecule has 1 aromatic heterocycles. The van der Waals surface area contributed by atoms with Crippen LogP contribution in [0.5, 0.6) is 0 Å². The summed E-state index contributed by atoms with van der Waals surface area (Å²) in [5, 5.41) is 8.97. The largest absolute Gasteiger partial charge is 0.396 e. The molecule has 0 saturated carbocycles. The van der Waals surface area contributed by atoms with E-state index in [1.54, 1.807) is 6.20 Å². The Labute approximate surface area is 138 Å². The maximum absolute atomic E-state index is 8.97. The highest BCUT2D eigenvalue weighted by atomic mass is 16.5.